The van der Waals surface area contributed by atoms with Gasteiger partial charge in [0.05, 0.1) is 31.1 Å². The molecule has 0 saturated heterocycles. The minimum Gasteiger partial charge on any atom is -0.393 e. The Morgan fingerprint density at radius 1 is 1.42 bits per heavy atom. The van der Waals surface area contributed by atoms with Crippen molar-refractivity contribution in [3.05, 3.63) is 23.3 Å². The molecule has 0 aliphatic carbocycles. The maximum Gasteiger partial charge on any atom is 0.224 e. The van der Waals surface area contributed by atoms with Crippen molar-refractivity contribution in [3.8, 4) is 0 Å². The van der Waals surface area contributed by atoms with Crippen molar-refractivity contribution in [3.63, 3.8) is 0 Å². The van der Waals surface area contributed by atoms with Crippen LogP contribution in [0.2, 0.25) is 0 Å². The number of hydrogen-bond acceptors (Lipinski definition) is 7. The summed E-state index contributed by atoms with van der Waals surface area (Å²) in [5, 5.41) is 34.3. The van der Waals surface area contributed by atoms with E-state index >= 15 is 0 Å². The zero-order valence-electron chi connectivity index (χ0n) is 13.5. The van der Waals surface area contributed by atoms with Crippen LogP contribution in [-0.4, -0.2) is 64.2 Å². The molecule has 130 valence electrons. The van der Waals surface area contributed by atoms with E-state index in [2.05, 4.69) is 20.6 Å². The van der Waals surface area contributed by atoms with E-state index in [1.54, 1.807) is 27.3 Å². The molecule has 2 aromatic rings. The summed E-state index contributed by atoms with van der Waals surface area (Å²) in [4.78, 5) is 14.3. The molecular weight excluding hydrogens is 314 g/mol. The van der Waals surface area contributed by atoms with E-state index in [9.17, 15) is 9.90 Å². The average molecular weight is 335 g/mol. The lowest BCUT2D eigenvalue weighted by Gasteiger charge is -2.20. The monoisotopic (exact) mass is 335 g/mol. The fourth-order valence-corrected chi connectivity index (χ4v) is 2.77. The zero-order valence-corrected chi connectivity index (χ0v) is 13.5. The fourth-order valence-electron chi connectivity index (χ4n) is 2.77. The summed E-state index contributed by atoms with van der Waals surface area (Å²) in [6.45, 7) is 3.66. The lowest BCUT2D eigenvalue weighted by atomic mass is 10.2. The predicted molar refractivity (Wildman–Crippen MR) is 81.5 cm³/mol. The van der Waals surface area contributed by atoms with Gasteiger partial charge in [0.15, 0.2) is 0 Å². The number of fused-ring (bicyclic) bond motifs is 1. The molecular formula is C14H21N7O3. The van der Waals surface area contributed by atoms with Gasteiger partial charge in [-0.2, -0.15) is 5.10 Å². The first-order valence-corrected chi connectivity index (χ1v) is 7.94. The molecule has 24 heavy (non-hydrogen) atoms. The van der Waals surface area contributed by atoms with Crippen LogP contribution in [0.5, 0.6) is 0 Å². The lowest BCUT2D eigenvalue weighted by molar-refractivity contribution is -0.132. The Morgan fingerprint density at radius 2 is 2.25 bits per heavy atom. The highest BCUT2D eigenvalue weighted by Gasteiger charge is 2.22. The number of carbonyl (C=O) groups excluding carboxylic acids is 1. The van der Waals surface area contributed by atoms with Gasteiger partial charge in [0.2, 0.25) is 5.91 Å². The van der Waals surface area contributed by atoms with Crippen molar-refractivity contribution in [1.82, 2.24) is 34.9 Å². The van der Waals surface area contributed by atoms with Crippen LogP contribution < -0.4 is 0 Å². The molecule has 1 aliphatic heterocycles. The molecule has 1 amide bonds. The van der Waals surface area contributed by atoms with Crippen LogP contribution in [0.3, 0.4) is 0 Å². The van der Waals surface area contributed by atoms with E-state index in [0.29, 0.717) is 44.1 Å². The third-order valence-electron chi connectivity index (χ3n) is 4.15. The Labute approximate surface area is 138 Å². The van der Waals surface area contributed by atoms with Crippen LogP contribution in [-0.2, 0) is 24.4 Å². The Bertz CT molecular complexity index is 711. The highest BCUT2D eigenvalue weighted by molar-refractivity contribution is 5.76. The van der Waals surface area contributed by atoms with Crippen LogP contribution in [0, 0.1) is 6.92 Å². The molecule has 3 rings (SSSR count). The van der Waals surface area contributed by atoms with Crippen LogP contribution in [0.25, 0.3) is 0 Å². The smallest absolute Gasteiger partial charge is 0.224 e. The first-order chi connectivity index (χ1) is 11.6. The van der Waals surface area contributed by atoms with Crippen LogP contribution in [0.1, 0.15) is 36.2 Å². The summed E-state index contributed by atoms with van der Waals surface area (Å²) in [6, 6.07) is 1.75. The molecule has 0 fully saturated rings. The quantitative estimate of drug-likeness (QED) is 0.720. The van der Waals surface area contributed by atoms with Crippen LogP contribution in [0.4, 0.5) is 0 Å². The molecule has 0 spiro atoms. The van der Waals surface area contributed by atoms with Crippen LogP contribution in [0.15, 0.2) is 6.07 Å². The SMILES string of the molecule is Cc1nnnn1CCC(=O)N1CCCn2nc([C@H](O)CO)cc2C1. The summed E-state index contributed by atoms with van der Waals surface area (Å²) in [5.74, 6) is 0.711. The van der Waals surface area contributed by atoms with Crippen molar-refractivity contribution in [2.45, 2.75) is 45.5 Å². The van der Waals surface area contributed by atoms with E-state index in [1.807, 2.05) is 0 Å². The molecule has 10 nitrogen and oxygen atoms in total. The van der Waals surface area contributed by atoms with Gasteiger partial charge in [-0.1, -0.05) is 0 Å². The van der Waals surface area contributed by atoms with Gasteiger partial charge in [-0.25, -0.2) is 4.68 Å². The van der Waals surface area contributed by atoms with Crippen LogP contribution >= 0.6 is 0 Å². The second-order valence-electron chi connectivity index (χ2n) is 5.85. The van der Waals surface area contributed by atoms with Crippen molar-refractivity contribution in [2.75, 3.05) is 13.2 Å². The Morgan fingerprint density at radius 3 is 2.96 bits per heavy atom. The van der Waals surface area contributed by atoms with E-state index < -0.39 is 6.10 Å². The van der Waals surface area contributed by atoms with Crippen molar-refractivity contribution < 1.29 is 15.0 Å². The summed E-state index contributed by atoms with van der Waals surface area (Å²) in [6.07, 6.45) is 0.127. The summed E-state index contributed by atoms with van der Waals surface area (Å²) >= 11 is 0. The second-order valence-corrected chi connectivity index (χ2v) is 5.85. The van der Waals surface area contributed by atoms with Gasteiger partial charge in [0.1, 0.15) is 11.9 Å². The number of carbonyl (C=O) groups is 1. The van der Waals surface area contributed by atoms with E-state index in [4.69, 9.17) is 5.11 Å². The lowest BCUT2D eigenvalue weighted by Crippen LogP contribution is -2.31. The van der Waals surface area contributed by atoms with Gasteiger partial charge in [-0.15, -0.1) is 5.10 Å². The number of hydrogen-bond donors (Lipinski definition) is 2. The van der Waals surface area contributed by atoms with E-state index in [-0.39, 0.29) is 12.5 Å². The standard InChI is InChI=1S/C14H21N7O3/c1-10-15-17-18-20(10)6-3-14(24)19-4-2-5-21-11(8-19)7-12(16-21)13(23)9-22/h7,13,22-23H,2-6,8-9H2,1H3/t13-/m1/s1. The second kappa shape index (κ2) is 7.05. The number of rotatable bonds is 5. The number of aliphatic hydroxyl groups is 2. The van der Waals surface area contributed by atoms with Crippen molar-refractivity contribution in [2.24, 2.45) is 0 Å². The summed E-state index contributed by atoms with van der Waals surface area (Å²) in [5.41, 5.74) is 1.30. The molecule has 0 saturated carbocycles. The topological polar surface area (TPSA) is 122 Å². The Hall–Kier alpha value is -2.33. The summed E-state index contributed by atoms with van der Waals surface area (Å²) in [7, 11) is 0. The highest BCUT2D eigenvalue weighted by atomic mass is 16.3. The van der Waals surface area contributed by atoms with E-state index in [1.165, 1.54) is 0 Å². The molecule has 0 unspecified atom stereocenters. The molecule has 2 aromatic heterocycles. The van der Waals surface area contributed by atoms with E-state index in [0.717, 1.165) is 12.1 Å². The number of aryl methyl sites for hydroxylation is 3. The van der Waals surface area contributed by atoms with Crippen molar-refractivity contribution in [1.29, 1.82) is 0 Å². The number of aliphatic hydroxyl groups excluding tert-OH is 2. The van der Waals surface area contributed by atoms with Gasteiger partial charge >= 0.3 is 0 Å². The summed E-state index contributed by atoms with van der Waals surface area (Å²) < 4.78 is 3.41. The molecule has 1 atom stereocenters. The largest absolute Gasteiger partial charge is 0.393 e. The first kappa shape index (κ1) is 16.5. The van der Waals surface area contributed by atoms with Gasteiger partial charge < -0.3 is 15.1 Å². The average Bonchev–Trinajstić information content (AvgIpc) is 3.12. The van der Waals surface area contributed by atoms with Gasteiger partial charge in [-0.05, 0) is 29.8 Å². The minimum atomic E-state index is -0.989. The molecule has 3 heterocycles. The van der Waals surface area contributed by atoms with Crippen molar-refractivity contribution >= 4 is 5.91 Å². The molecule has 10 heteroatoms. The number of nitrogens with zero attached hydrogens (tertiary/aromatic N) is 7. The number of tetrazole rings is 1. The molecule has 0 aromatic carbocycles. The first-order valence-electron chi connectivity index (χ1n) is 7.94. The van der Waals surface area contributed by atoms with Gasteiger partial charge in [0, 0.05) is 19.5 Å². The third-order valence-corrected chi connectivity index (χ3v) is 4.15. The Kier molecular flexibility index (Phi) is 4.86. The maximum absolute atomic E-state index is 12.5. The number of amides is 1. The molecule has 1 aliphatic rings. The maximum atomic E-state index is 12.5. The molecule has 2 N–H and O–H groups in total. The molecule has 0 bridgehead atoms. The normalized spacial score (nSPS) is 15.9. The third kappa shape index (κ3) is 3.44. The molecule has 0 radical (unpaired) electrons. The zero-order chi connectivity index (χ0) is 17.1. The minimum absolute atomic E-state index is 0.0313. The van der Waals surface area contributed by atoms with Gasteiger partial charge in [0.25, 0.3) is 0 Å². The highest BCUT2D eigenvalue weighted by Crippen LogP contribution is 2.18. The number of aromatic nitrogens is 6. The predicted octanol–water partition coefficient (Wildman–Crippen LogP) is -0.974. The Balaban J connectivity index is 1.65. The fraction of sp³-hybridized carbons (Fsp3) is 0.643. The van der Waals surface area contributed by atoms with Gasteiger partial charge in [-0.3, -0.25) is 9.48 Å².